The molecule has 0 aliphatic rings. The highest BCUT2D eigenvalue weighted by Gasteiger charge is 1.74. The Hall–Kier alpha value is -1.32. The number of H-pyrrole nitrogens is 2. The molecular weight excluding hydrogens is 106 g/mol. The molecule has 0 saturated heterocycles. The summed E-state index contributed by atoms with van der Waals surface area (Å²) in [7, 11) is 0. The van der Waals surface area contributed by atoms with Crippen LogP contribution in [0.3, 0.4) is 0 Å². The summed E-state index contributed by atoms with van der Waals surface area (Å²) in [5.74, 6) is 0. The minimum absolute atomic E-state index is 0.0521. The lowest BCUT2D eigenvalue weighted by molar-refractivity contribution is 0.979. The molecule has 0 aliphatic heterocycles. The van der Waals surface area contributed by atoms with E-state index in [0.717, 1.165) is 0 Å². The Morgan fingerprint density at radius 3 is 3.12 bits per heavy atom. The van der Waals surface area contributed by atoms with Crippen LogP contribution >= 0.6 is 0 Å². The summed E-state index contributed by atoms with van der Waals surface area (Å²) in [5, 5.41) is 6.88. The molecule has 1 aromatic heterocycles. The largest absolute Gasteiger partial charge is 0.324 e. The third-order valence-corrected chi connectivity index (χ3v) is 0.650. The van der Waals surface area contributed by atoms with Crippen molar-refractivity contribution >= 4 is 0 Å². The predicted molar refractivity (Wildman–Crippen MR) is 27.3 cm³/mol. The molecular formula is C4H5N3O. The van der Waals surface area contributed by atoms with E-state index >= 15 is 0 Å². The lowest BCUT2D eigenvalue weighted by Crippen LogP contribution is -2.19. The molecule has 0 bridgehead atoms. The van der Waals surface area contributed by atoms with Gasteiger partial charge in [-0.05, 0) is 6.07 Å². The molecule has 3 N–H and O–H groups in total. The highest BCUT2D eigenvalue weighted by Crippen LogP contribution is 1.50. The molecule has 0 radical (unpaired) electrons. The zero-order valence-corrected chi connectivity index (χ0v) is 3.99. The smallest absolute Gasteiger partial charge is 0.314 e. The number of aromatic nitrogens is 2. The summed E-state index contributed by atoms with van der Waals surface area (Å²) >= 11 is 0. The fraction of sp³-hybridized carbons (Fsp3) is 0. The highest BCUT2D eigenvalue weighted by atomic mass is 16.1. The number of hydrogen-bond donors (Lipinski definition) is 3. The summed E-state index contributed by atoms with van der Waals surface area (Å²) < 4.78 is 6.88. The Morgan fingerprint density at radius 1 is 1.88 bits per heavy atom. The number of nitrogens with one attached hydrogen (secondary N) is 3. The molecule has 42 valence electrons. The quantitative estimate of drug-likeness (QED) is 0.404. The van der Waals surface area contributed by atoms with E-state index in [1.165, 1.54) is 6.07 Å². The lowest BCUT2D eigenvalue weighted by atomic mass is 10.7. The molecule has 0 atom stereocenters. The van der Waals surface area contributed by atoms with E-state index in [9.17, 15) is 4.79 Å². The minimum Gasteiger partial charge on any atom is -0.314 e. The van der Waals surface area contributed by atoms with Gasteiger partial charge in [0.1, 0.15) is 5.49 Å². The first-order chi connectivity index (χ1) is 4.18. The Balaban J connectivity index is 3.52. The van der Waals surface area contributed by atoms with Crippen molar-refractivity contribution in [2.24, 2.45) is 0 Å². The van der Waals surface area contributed by atoms with E-state index in [1.807, 2.05) is 0 Å². The van der Waals surface area contributed by atoms with E-state index in [0.29, 0.717) is 0 Å². The van der Waals surface area contributed by atoms with Gasteiger partial charge in [0.05, 0.1) is 1.37 Å². The maximum Gasteiger partial charge on any atom is 0.324 e. The monoisotopic (exact) mass is 113 g/mol. The van der Waals surface area contributed by atoms with Crippen molar-refractivity contribution in [1.29, 1.82) is 5.41 Å². The van der Waals surface area contributed by atoms with Gasteiger partial charge < -0.3 is 4.98 Å². The zero-order chi connectivity index (χ0) is 6.85. The third kappa shape index (κ3) is 0.841. The van der Waals surface area contributed by atoms with Crippen LogP contribution in [0.4, 0.5) is 0 Å². The summed E-state index contributed by atoms with van der Waals surface area (Å²) in [4.78, 5) is 14.7. The summed E-state index contributed by atoms with van der Waals surface area (Å²) in [5.41, 5.74) is -0.573. The Labute approximate surface area is 46.1 Å². The molecule has 0 amide bonds. The zero-order valence-electron chi connectivity index (χ0n) is 4.99. The SMILES string of the molecule is [3H]c1cc(=N)[nH]c(=O)[nH]1. The van der Waals surface area contributed by atoms with Crippen molar-refractivity contribution in [2.45, 2.75) is 0 Å². The van der Waals surface area contributed by atoms with Gasteiger partial charge in [-0.25, -0.2) is 4.79 Å². The van der Waals surface area contributed by atoms with Crippen LogP contribution in [0.1, 0.15) is 1.37 Å². The Bertz CT molecular complexity index is 284. The van der Waals surface area contributed by atoms with E-state index in [1.54, 1.807) is 0 Å². The molecule has 1 heterocycles. The van der Waals surface area contributed by atoms with E-state index in [4.69, 9.17) is 6.78 Å². The van der Waals surface area contributed by atoms with E-state index in [2.05, 4.69) is 9.97 Å². The topological polar surface area (TPSA) is 72.5 Å². The Morgan fingerprint density at radius 2 is 2.62 bits per heavy atom. The van der Waals surface area contributed by atoms with Gasteiger partial charge in [0, 0.05) is 6.17 Å². The van der Waals surface area contributed by atoms with Crippen molar-refractivity contribution in [3.8, 4) is 0 Å². The van der Waals surface area contributed by atoms with Crippen molar-refractivity contribution in [1.82, 2.24) is 9.97 Å². The molecule has 0 aliphatic carbocycles. The molecule has 1 rings (SSSR count). The van der Waals surface area contributed by atoms with Crippen LogP contribution in [-0.2, 0) is 0 Å². The van der Waals surface area contributed by atoms with Crippen LogP contribution in [-0.4, -0.2) is 9.97 Å². The Kier molecular flexibility index (Phi) is 0.754. The maximum absolute atomic E-state index is 10.4. The van der Waals surface area contributed by atoms with Gasteiger partial charge in [-0.2, -0.15) is 0 Å². The first-order valence-electron chi connectivity index (χ1n) is 2.53. The second-order valence-electron chi connectivity index (χ2n) is 1.28. The average Bonchev–Trinajstić information content (AvgIpc) is 1.59. The molecule has 4 nitrogen and oxygen atoms in total. The van der Waals surface area contributed by atoms with Crippen LogP contribution in [0.2, 0.25) is 0 Å². The highest BCUT2D eigenvalue weighted by molar-refractivity contribution is 4.74. The van der Waals surface area contributed by atoms with Gasteiger partial charge in [-0.3, -0.25) is 10.4 Å². The fourth-order valence-corrected chi connectivity index (χ4v) is 0.363. The average molecular weight is 113 g/mol. The molecule has 0 spiro atoms. The molecule has 4 heteroatoms. The summed E-state index contributed by atoms with van der Waals surface area (Å²) in [6, 6.07) is 1.21. The predicted octanol–water partition coefficient (Wildman–Crippen LogP) is -0.818. The van der Waals surface area contributed by atoms with E-state index < -0.39 is 5.69 Å². The van der Waals surface area contributed by atoms with Gasteiger partial charge in [-0.1, -0.05) is 0 Å². The van der Waals surface area contributed by atoms with Crippen LogP contribution in [0.25, 0.3) is 0 Å². The normalized spacial score (nSPS) is 10.8. The van der Waals surface area contributed by atoms with Gasteiger partial charge >= 0.3 is 5.69 Å². The second-order valence-corrected chi connectivity index (χ2v) is 1.28. The number of aromatic amines is 2. The van der Waals surface area contributed by atoms with Crippen LogP contribution in [0.15, 0.2) is 17.0 Å². The van der Waals surface area contributed by atoms with Crippen molar-refractivity contribution in [2.75, 3.05) is 0 Å². The number of rotatable bonds is 0. The van der Waals surface area contributed by atoms with Crippen LogP contribution in [0, 0.1) is 5.41 Å². The lowest BCUT2D eigenvalue weighted by Gasteiger charge is -1.78. The van der Waals surface area contributed by atoms with Gasteiger partial charge in [0.15, 0.2) is 0 Å². The summed E-state index contributed by atoms with van der Waals surface area (Å²) in [6.45, 7) is 0. The molecule has 0 unspecified atom stereocenters. The van der Waals surface area contributed by atoms with Gasteiger partial charge in [-0.15, -0.1) is 0 Å². The molecule has 8 heavy (non-hydrogen) atoms. The fourth-order valence-electron chi connectivity index (χ4n) is 0.363. The van der Waals surface area contributed by atoms with Gasteiger partial charge in [0.2, 0.25) is 0 Å². The molecule has 0 aromatic carbocycles. The van der Waals surface area contributed by atoms with Gasteiger partial charge in [0.25, 0.3) is 0 Å². The van der Waals surface area contributed by atoms with Crippen molar-refractivity contribution in [3.63, 3.8) is 0 Å². The third-order valence-electron chi connectivity index (χ3n) is 0.650. The minimum atomic E-state index is -0.521. The summed E-state index contributed by atoms with van der Waals surface area (Å²) in [6.07, 6.45) is -0.0521. The van der Waals surface area contributed by atoms with Crippen LogP contribution < -0.4 is 11.2 Å². The number of hydrogen-bond acceptors (Lipinski definition) is 2. The standard InChI is InChI=1S/C4H5N3O/c5-3-1-2-6-4(8)7-3/h1-2H,(H3,5,6,7,8)/i2T. The molecule has 0 fully saturated rings. The second kappa shape index (κ2) is 1.65. The van der Waals surface area contributed by atoms with Crippen molar-refractivity contribution in [3.05, 3.63) is 28.2 Å². The van der Waals surface area contributed by atoms with E-state index in [-0.39, 0.29) is 11.7 Å². The molecule has 0 saturated carbocycles. The first-order valence-corrected chi connectivity index (χ1v) is 2.03. The van der Waals surface area contributed by atoms with Crippen molar-refractivity contribution < 1.29 is 1.37 Å². The van der Waals surface area contributed by atoms with Crippen LogP contribution in [0.5, 0.6) is 0 Å². The maximum atomic E-state index is 10.4. The first kappa shape index (κ1) is 3.65. The molecule has 1 aromatic rings.